The Bertz CT molecular complexity index is 1530. The van der Waals surface area contributed by atoms with Crippen LogP contribution in [0.4, 0.5) is 0 Å². The first kappa shape index (κ1) is 31.9. The number of ether oxygens (including phenoxy) is 5. The number of aliphatic hydroxyl groups is 1. The van der Waals surface area contributed by atoms with Crippen molar-refractivity contribution >= 4 is 23.9 Å². The fourth-order valence-corrected chi connectivity index (χ4v) is 8.39. The van der Waals surface area contributed by atoms with Gasteiger partial charge in [0, 0.05) is 31.3 Å². The molecule has 7 unspecified atom stereocenters. The highest BCUT2D eigenvalue weighted by atomic mass is 16.6. The summed E-state index contributed by atoms with van der Waals surface area (Å²) in [5.41, 5.74) is -3.27. The highest BCUT2D eigenvalue weighted by Gasteiger charge is 2.78. The molecule has 1 spiro atoms. The first-order chi connectivity index (χ1) is 21.9. The number of carbonyl (C=O) groups is 4. The third kappa shape index (κ3) is 5.41. The van der Waals surface area contributed by atoms with Crippen molar-refractivity contribution in [1.29, 1.82) is 0 Å². The number of carbonyl (C=O) groups excluding carboxylic acids is 4. The minimum atomic E-state index is -1.55. The molecule has 2 heterocycles. The Labute approximate surface area is 268 Å². The highest BCUT2D eigenvalue weighted by Crippen LogP contribution is 2.70. The molecule has 46 heavy (non-hydrogen) atoms. The van der Waals surface area contributed by atoms with Crippen molar-refractivity contribution in [2.75, 3.05) is 19.8 Å². The molecule has 2 aromatic rings. The van der Waals surface area contributed by atoms with Crippen LogP contribution in [0.3, 0.4) is 0 Å². The lowest BCUT2D eigenvalue weighted by Crippen LogP contribution is -2.74. The minimum Gasteiger partial charge on any atom is -0.462 e. The quantitative estimate of drug-likeness (QED) is 0.237. The van der Waals surface area contributed by atoms with E-state index in [0.29, 0.717) is 36.1 Å². The lowest BCUT2D eigenvalue weighted by molar-refractivity contribution is -0.283. The van der Waals surface area contributed by atoms with Crippen molar-refractivity contribution in [2.24, 2.45) is 16.7 Å². The predicted molar refractivity (Wildman–Crippen MR) is 163 cm³/mol. The zero-order valence-electron chi connectivity index (χ0n) is 26.4. The van der Waals surface area contributed by atoms with Crippen LogP contribution in [0.5, 0.6) is 0 Å². The summed E-state index contributed by atoms with van der Waals surface area (Å²) in [7, 11) is 0. The Morgan fingerprint density at radius 1 is 1.00 bits per heavy atom. The van der Waals surface area contributed by atoms with Crippen molar-refractivity contribution in [3.63, 3.8) is 0 Å². The molecule has 1 saturated heterocycles. The van der Waals surface area contributed by atoms with Gasteiger partial charge in [-0.25, -0.2) is 14.4 Å². The molecule has 2 aromatic carbocycles. The van der Waals surface area contributed by atoms with Crippen molar-refractivity contribution in [3.05, 3.63) is 83.4 Å². The summed E-state index contributed by atoms with van der Waals surface area (Å²) >= 11 is 0. The van der Waals surface area contributed by atoms with Crippen LogP contribution in [-0.4, -0.2) is 72.2 Å². The second-order valence-corrected chi connectivity index (χ2v) is 13.4. The normalized spacial score (nSPS) is 33.7. The zero-order chi connectivity index (χ0) is 32.7. The van der Waals surface area contributed by atoms with Crippen LogP contribution in [0.25, 0.3) is 0 Å². The summed E-state index contributed by atoms with van der Waals surface area (Å²) in [6.45, 7) is 5.13. The molecular weight excluding hydrogens is 592 g/mol. The van der Waals surface area contributed by atoms with Gasteiger partial charge < -0.3 is 28.8 Å². The van der Waals surface area contributed by atoms with E-state index in [4.69, 9.17) is 23.7 Å². The van der Waals surface area contributed by atoms with Crippen molar-refractivity contribution in [2.45, 2.75) is 76.3 Å². The van der Waals surface area contributed by atoms with E-state index in [0.717, 1.165) is 6.42 Å². The molecule has 3 fully saturated rings. The maximum atomic E-state index is 13.7. The molecule has 0 radical (unpaired) electrons. The number of hydrogen-bond donors (Lipinski definition) is 1. The van der Waals surface area contributed by atoms with Gasteiger partial charge >= 0.3 is 23.9 Å². The number of hydrogen-bond acceptors (Lipinski definition) is 10. The largest absolute Gasteiger partial charge is 0.462 e. The summed E-state index contributed by atoms with van der Waals surface area (Å²) in [6.07, 6.45) is 1.59. The topological polar surface area (TPSA) is 138 Å². The van der Waals surface area contributed by atoms with Gasteiger partial charge in [0.2, 0.25) is 0 Å². The van der Waals surface area contributed by atoms with Gasteiger partial charge in [0.15, 0.2) is 0 Å². The van der Waals surface area contributed by atoms with Crippen LogP contribution in [0.1, 0.15) is 73.6 Å². The van der Waals surface area contributed by atoms with Gasteiger partial charge in [-0.2, -0.15) is 0 Å². The van der Waals surface area contributed by atoms with E-state index in [-0.39, 0.29) is 26.1 Å². The molecule has 2 saturated carbocycles. The molecule has 10 nitrogen and oxygen atoms in total. The Morgan fingerprint density at radius 2 is 1.63 bits per heavy atom. The molecule has 10 heteroatoms. The van der Waals surface area contributed by atoms with E-state index >= 15 is 0 Å². The lowest BCUT2D eigenvalue weighted by Gasteiger charge is -2.66. The first-order valence-corrected chi connectivity index (χ1v) is 15.8. The van der Waals surface area contributed by atoms with Crippen LogP contribution in [0, 0.1) is 16.7 Å². The summed E-state index contributed by atoms with van der Waals surface area (Å²) in [6, 6.07) is 17.2. The molecule has 0 aromatic heterocycles. The highest BCUT2D eigenvalue weighted by molar-refractivity contribution is 5.90. The number of epoxide rings is 1. The fraction of sp³-hybridized carbons (Fsp3) is 0.500. The second kappa shape index (κ2) is 12.0. The van der Waals surface area contributed by atoms with Gasteiger partial charge in [-0.05, 0) is 55.5 Å². The van der Waals surface area contributed by atoms with Crippen LogP contribution in [0.2, 0.25) is 0 Å². The first-order valence-electron chi connectivity index (χ1n) is 15.8. The maximum Gasteiger partial charge on any atom is 0.338 e. The van der Waals surface area contributed by atoms with E-state index in [1.165, 1.54) is 13.0 Å². The number of fused-ring (bicyclic) bond motifs is 2. The number of rotatable bonds is 9. The van der Waals surface area contributed by atoms with Crippen molar-refractivity contribution in [1.82, 2.24) is 0 Å². The van der Waals surface area contributed by atoms with Crippen molar-refractivity contribution in [3.8, 4) is 0 Å². The molecule has 7 atom stereocenters. The van der Waals surface area contributed by atoms with Gasteiger partial charge in [-0.15, -0.1) is 0 Å². The summed E-state index contributed by atoms with van der Waals surface area (Å²) in [4.78, 5) is 51.7. The monoisotopic (exact) mass is 632 g/mol. The molecule has 2 aliphatic heterocycles. The Morgan fingerprint density at radius 3 is 2.20 bits per heavy atom. The van der Waals surface area contributed by atoms with E-state index in [9.17, 15) is 24.3 Å². The van der Waals surface area contributed by atoms with Crippen molar-refractivity contribution < 1.29 is 48.0 Å². The van der Waals surface area contributed by atoms with Gasteiger partial charge in [-0.1, -0.05) is 49.7 Å². The van der Waals surface area contributed by atoms with Gasteiger partial charge in [-0.3, -0.25) is 4.79 Å². The standard InChI is InChI=1S/C36H40O10/c1-23(37)45-28(17-24-18-30(38)42-20-24)34(3)27-15-10-16-35(21-44-35)36(27,22-43-31(39)25-11-6-4-7-12-25)29(19-33(34,2)41)46-32(40)26-13-8-5-9-14-26/h4-9,11-14,18,27-29,41H,10,15-17,19-22H2,1-3H3. The Kier molecular flexibility index (Phi) is 8.31. The average Bonchev–Trinajstić information content (AvgIpc) is 3.70. The molecule has 244 valence electrons. The summed E-state index contributed by atoms with van der Waals surface area (Å²) in [5.74, 6) is -2.64. The Balaban J connectivity index is 1.47. The fourth-order valence-electron chi connectivity index (χ4n) is 8.39. The molecular formula is C36H40O10. The predicted octanol–water partition coefficient (Wildman–Crippen LogP) is 4.59. The Hall–Kier alpha value is -4.02. The van der Waals surface area contributed by atoms with Gasteiger partial charge in [0.25, 0.3) is 0 Å². The molecule has 4 aliphatic rings. The third-order valence-corrected chi connectivity index (χ3v) is 10.9. The maximum absolute atomic E-state index is 13.7. The van der Waals surface area contributed by atoms with Gasteiger partial charge in [0.1, 0.15) is 31.0 Å². The van der Waals surface area contributed by atoms with Crippen LogP contribution in [0.15, 0.2) is 72.3 Å². The summed E-state index contributed by atoms with van der Waals surface area (Å²) < 4.78 is 29.9. The van der Waals surface area contributed by atoms with Crippen LogP contribution in [-0.2, 0) is 33.3 Å². The van der Waals surface area contributed by atoms with E-state index in [2.05, 4.69) is 0 Å². The zero-order valence-corrected chi connectivity index (χ0v) is 26.4. The molecule has 6 rings (SSSR count). The van der Waals surface area contributed by atoms with Crippen LogP contribution >= 0.6 is 0 Å². The van der Waals surface area contributed by atoms with E-state index in [1.807, 2.05) is 6.92 Å². The molecule has 0 amide bonds. The second-order valence-electron chi connectivity index (χ2n) is 13.4. The lowest BCUT2D eigenvalue weighted by atomic mass is 9.41. The third-order valence-electron chi connectivity index (χ3n) is 10.9. The van der Waals surface area contributed by atoms with E-state index in [1.54, 1.807) is 67.6 Å². The average molecular weight is 633 g/mol. The number of esters is 4. The molecule has 1 N–H and O–H groups in total. The van der Waals surface area contributed by atoms with Gasteiger partial charge in [0.05, 0.1) is 28.7 Å². The van der Waals surface area contributed by atoms with Crippen LogP contribution < -0.4 is 0 Å². The number of cyclic esters (lactones) is 1. The molecule has 0 bridgehead atoms. The molecule has 2 aliphatic carbocycles. The van der Waals surface area contributed by atoms with E-state index < -0.39 is 64.0 Å². The minimum absolute atomic E-state index is 0.0428. The summed E-state index contributed by atoms with van der Waals surface area (Å²) in [5, 5.41) is 12.5. The SMILES string of the molecule is CC(=O)OC(CC1=CC(=O)OC1)C1(C)C2CCCC3(CO3)C2(COC(=O)c2ccccc2)C(OC(=O)c2ccccc2)CC1(C)O. The smallest absolute Gasteiger partial charge is 0.338 e. The number of benzene rings is 2.